The summed E-state index contributed by atoms with van der Waals surface area (Å²) in [5, 5.41) is 3.95. The van der Waals surface area contributed by atoms with E-state index in [2.05, 4.69) is 0 Å². The fourth-order valence-electron chi connectivity index (χ4n) is 3.55. The Labute approximate surface area is 168 Å². The quantitative estimate of drug-likeness (QED) is 0.590. The minimum atomic E-state index is -3.45. The van der Waals surface area contributed by atoms with E-state index in [4.69, 9.17) is 4.74 Å². The SMILES string of the molecule is O=C(OCc1cccc2ccccc12)C1CCN(S(=O)(=O)c2cccs2)CC1. The third kappa shape index (κ3) is 3.83. The standard InChI is InChI=1S/C21H21NO4S2/c23-21(26-15-18-7-3-6-16-5-1-2-8-19(16)18)17-10-12-22(13-11-17)28(24,25)20-9-4-14-27-20/h1-9,14,17H,10-13,15H2. The predicted octanol–water partition coefficient (Wildman–Crippen LogP) is 4.05. The lowest BCUT2D eigenvalue weighted by Crippen LogP contribution is -2.40. The second-order valence-corrected chi connectivity index (χ2v) is 9.97. The Morgan fingerprint density at radius 3 is 2.54 bits per heavy atom. The van der Waals surface area contributed by atoms with Crippen LogP contribution in [-0.2, 0) is 26.2 Å². The minimum absolute atomic E-state index is 0.230. The highest BCUT2D eigenvalue weighted by atomic mass is 32.2. The Morgan fingerprint density at radius 1 is 1.04 bits per heavy atom. The second-order valence-electron chi connectivity index (χ2n) is 6.86. The molecule has 28 heavy (non-hydrogen) atoms. The number of carbonyl (C=O) groups excluding carboxylic acids is 1. The first kappa shape index (κ1) is 19.1. The molecule has 1 aliphatic heterocycles. The first-order valence-electron chi connectivity index (χ1n) is 9.22. The van der Waals surface area contributed by atoms with Crippen molar-refractivity contribution >= 4 is 38.1 Å². The van der Waals surface area contributed by atoms with E-state index in [1.54, 1.807) is 17.5 Å². The summed E-state index contributed by atoms with van der Waals surface area (Å²) in [5.41, 5.74) is 0.976. The summed E-state index contributed by atoms with van der Waals surface area (Å²) in [7, 11) is -3.45. The molecule has 0 spiro atoms. The number of esters is 1. The van der Waals surface area contributed by atoms with Crippen molar-refractivity contribution in [2.45, 2.75) is 23.7 Å². The molecule has 5 nitrogen and oxygen atoms in total. The molecule has 2 aromatic carbocycles. The van der Waals surface area contributed by atoms with Crippen molar-refractivity contribution in [3.05, 3.63) is 65.5 Å². The van der Waals surface area contributed by atoms with Crippen molar-refractivity contribution in [2.24, 2.45) is 5.92 Å². The highest BCUT2D eigenvalue weighted by Crippen LogP contribution is 2.27. The number of piperidine rings is 1. The van der Waals surface area contributed by atoms with E-state index in [1.165, 1.54) is 15.6 Å². The summed E-state index contributed by atoms with van der Waals surface area (Å²) >= 11 is 1.22. The van der Waals surface area contributed by atoms with Crippen LogP contribution in [0.15, 0.2) is 64.2 Å². The molecule has 0 radical (unpaired) electrons. The van der Waals surface area contributed by atoms with Crippen molar-refractivity contribution in [3.63, 3.8) is 0 Å². The van der Waals surface area contributed by atoms with Crippen LogP contribution >= 0.6 is 11.3 Å². The van der Waals surface area contributed by atoms with Crippen molar-refractivity contribution in [2.75, 3.05) is 13.1 Å². The van der Waals surface area contributed by atoms with Crippen LogP contribution < -0.4 is 0 Å². The molecule has 0 amide bonds. The molecule has 0 unspecified atom stereocenters. The summed E-state index contributed by atoms with van der Waals surface area (Å²) < 4.78 is 32.5. The maximum absolute atomic E-state index is 12.6. The first-order valence-corrected chi connectivity index (χ1v) is 11.5. The predicted molar refractivity (Wildman–Crippen MR) is 110 cm³/mol. The van der Waals surface area contributed by atoms with Gasteiger partial charge >= 0.3 is 5.97 Å². The summed E-state index contributed by atoms with van der Waals surface area (Å²) in [5.74, 6) is -0.508. The third-order valence-corrected chi connectivity index (χ3v) is 8.40. The summed E-state index contributed by atoms with van der Waals surface area (Å²) in [6.45, 7) is 0.913. The van der Waals surface area contributed by atoms with E-state index in [9.17, 15) is 13.2 Å². The lowest BCUT2D eigenvalue weighted by atomic mass is 9.98. The average Bonchev–Trinajstić information content (AvgIpc) is 3.28. The molecule has 0 bridgehead atoms. The van der Waals surface area contributed by atoms with Crippen molar-refractivity contribution < 1.29 is 17.9 Å². The average molecular weight is 416 g/mol. The zero-order chi connectivity index (χ0) is 19.6. The molecule has 1 saturated heterocycles. The molecule has 1 aliphatic rings. The maximum Gasteiger partial charge on any atom is 0.309 e. The van der Waals surface area contributed by atoms with Gasteiger partial charge < -0.3 is 4.74 Å². The molecule has 0 atom stereocenters. The van der Waals surface area contributed by atoms with Crippen LogP contribution in [0.25, 0.3) is 10.8 Å². The smallest absolute Gasteiger partial charge is 0.309 e. The van der Waals surface area contributed by atoms with Crippen molar-refractivity contribution in [1.29, 1.82) is 0 Å². The van der Waals surface area contributed by atoms with E-state index in [-0.39, 0.29) is 18.5 Å². The number of nitrogens with zero attached hydrogens (tertiary/aromatic N) is 1. The number of rotatable bonds is 5. The minimum Gasteiger partial charge on any atom is -0.461 e. The summed E-state index contributed by atoms with van der Waals surface area (Å²) in [6.07, 6.45) is 0.970. The van der Waals surface area contributed by atoms with Gasteiger partial charge in [-0.25, -0.2) is 8.42 Å². The Hall–Kier alpha value is -2.22. The van der Waals surface area contributed by atoms with Gasteiger partial charge in [0.2, 0.25) is 0 Å². The second kappa shape index (κ2) is 8.03. The summed E-state index contributed by atoms with van der Waals surface area (Å²) in [6, 6.07) is 17.3. The van der Waals surface area contributed by atoms with Crippen molar-refractivity contribution in [1.82, 2.24) is 4.31 Å². The lowest BCUT2D eigenvalue weighted by molar-refractivity contribution is -0.151. The maximum atomic E-state index is 12.6. The monoisotopic (exact) mass is 415 g/mol. The lowest BCUT2D eigenvalue weighted by Gasteiger charge is -2.29. The first-order chi connectivity index (χ1) is 13.6. The van der Waals surface area contributed by atoms with Gasteiger partial charge in [-0.05, 0) is 40.6 Å². The Balaban J connectivity index is 1.36. The fraction of sp³-hybridized carbons (Fsp3) is 0.286. The molecular formula is C21H21NO4S2. The largest absolute Gasteiger partial charge is 0.461 e. The van der Waals surface area contributed by atoms with Gasteiger partial charge in [0.15, 0.2) is 0 Å². The van der Waals surface area contributed by atoms with E-state index >= 15 is 0 Å². The number of hydrogen-bond acceptors (Lipinski definition) is 5. The van der Waals surface area contributed by atoms with E-state index < -0.39 is 10.0 Å². The van der Waals surface area contributed by atoms with Crippen LogP contribution in [0, 0.1) is 5.92 Å². The van der Waals surface area contributed by atoms with Gasteiger partial charge in [-0.1, -0.05) is 48.5 Å². The van der Waals surface area contributed by atoms with E-state index in [1.807, 2.05) is 42.5 Å². The molecule has 0 aliphatic carbocycles. The van der Waals surface area contributed by atoms with Gasteiger partial charge in [-0.2, -0.15) is 4.31 Å². The van der Waals surface area contributed by atoms with Crippen LogP contribution in [0.5, 0.6) is 0 Å². The molecule has 2 heterocycles. The number of sulfonamides is 1. The number of hydrogen-bond donors (Lipinski definition) is 0. The number of carbonyl (C=O) groups is 1. The highest BCUT2D eigenvalue weighted by molar-refractivity contribution is 7.91. The number of benzene rings is 2. The topological polar surface area (TPSA) is 63.7 Å². The fourth-order valence-corrected chi connectivity index (χ4v) is 6.17. The van der Waals surface area contributed by atoms with Crippen LogP contribution in [0.1, 0.15) is 18.4 Å². The number of ether oxygens (including phenoxy) is 1. The molecule has 3 aromatic rings. The molecule has 146 valence electrons. The zero-order valence-electron chi connectivity index (χ0n) is 15.3. The molecule has 0 saturated carbocycles. The van der Waals surface area contributed by atoms with E-state index in [0.29, 0.717) is 30.1 Å². The van der Waals surface area contributed by atoms with Gasteiger partial charge in [0, 0.05) is 13.1 Å². The number of thiophene rings is 1. The highest BCUT2D eigenvalue weighted by Gasteiger charge is 2.33. The normalized spacial score (nSPS) is 16.3. The van der Waals surface area contributed by atoms with Crippen molar-refractivity contribution in [3.8, 4) is 0 Å². The van der Waals surface area contributed by atoms with Gasteiger partial charge in [-0.15, -0.1) is 11.3 Å². The van der Waals surface area contributed by atoms with Gasteiger partial charge in [0.05, 0.1) is 5.92 Å². The molecule has 1 fully saturated rings. The van der Waals surface area contributed by atoms with Crippen LogP contribution in [-0.4, -0.2) is 31.8 Å². The molecule has 4 rings (SSSR count). The van der Waals surface area contributed by atoms with Gasteiger partial charge in [-0.3, -0.25) is 4.79 Å². The summed E-state index contributed by atoms with van der Waals surface area (Å²) in [4.78, 5) is 12.5. The molecule has 7 heteroatoms. The Morgan fingerprint density at radius 2 is 1.79 bits per heavy atom. The Bertz CT molecular complexity index is 1060. The van der Waals surface area contributed by atoms with E-state index in [0.717, 1.165) is 16.3 Å². The van der Waals surface area contributed by atoms with Crippen LogP contribution in [0.2, 0.25) is 0 Å². The van der Waals surface area contributed by atoms with Gasteiger partial charge in [0.25, 0.3) is 10.0 Å². The molecule has 1 aromatic heterocycles. The molecule has 0 N–H and O–H groups in total. The van der Waals surface area contributed by atoms with Crippen LogP contribution in [0.3, 0.4) is 0 Å². The van der Waals surface area contributed by atoms with Crippen LogP contribution in [0.4, 0.5) is 0 Å². The Kier molecular flexibility index (Phi) is 5.48. The number of fused-ring (bicyclic) bond motifs is 1. The third-order valence-electron chi connectivity index (χ3n) is 5.13. The molecular weight excluding hydrogens is 394 g/mol. The zero-order valence-corrected chi connectivity index (χ0v) is 16.9. The van der Waals surface area contributed by atoms with Gasteiger partial charge in [0.1, 0.15) is 10.8 Å².